The predicted octanol–water partition coefficient (Wildman–Crippen LogP) is 4.25. The Morgan fingerprint density at radius 1 is 1.15 bits per heavy atom. The number of carbonyl (C=O) groups excluding carboxylic acids is 1. The Bertz CT molecular complexity index is 965. The average Bonchev–Trinajstić information content (AvgIpc) is 3.15. The van der Waals surface area contributed by atoms with E-state index in [4.69, 9.17) is 0 Å². The van der Waals surface area contributed by atoms with Crippen molar-refractivity contribution in [3.05, 3.63) is 77.6 Å². The molecular weight excluding hydrogens is 354 g/mol. The number of hydrogen-bond donors (Lipinski definition) is 0. The topological polar surface area (TPSA) is 38.1 Å². The predicted molar refractivity (Wildman–Crippen MR) is 109 cm³/mol. The van der Waals surface area contributed by atoms with E-state index in [-0.39, 0.29) is 11.2 Å². The van der Waals surface area contributed by atoms with E-state index < -0.39 is 0 Å². The monoisotopic (exact) mass is 377 g/mol. The summed E-state index contributed by atoms with van der Waals surface area (Å²) >= 11 is 1.52. The van der Waals surface area contributed by atoms with E-state index in [1.165, 1.54) is 28.5 Å². The highest BCUT2D eigenvalue weighted by Crippen LogP contribution is 2.27. The van der Waals surface area contributed by atoms with Crippen molar-refractivity contribution in [1.29, 1.82) is 0 Å². The number of benzene rings is 2. The number of rotatable bonds is 4. The van der Waals surface area contributed by atoms with Gasteiger partial charge in [0.25, 0.3) is 0 Å². The van der Waals surface area contributed by atoms with Gasteiger partial charge in [-0.3, -0.25) is 9.36 Å². The van der Waals surface area contributed by atoms with Crippen LogP contribution in [0, 0.1) is 6.92 Å². The van der Waals surface area contributed by atoms with E-state index >= 15 is 0 Å². The summed E-state index contributed by atoms with van der Waals surface area (Å²) in [5, 5.41) is 0.667. The lowest BCUT2D eigenvalue weighted by Crippen LogP contribution is -2.40. The number of aromatic nitrogens is 2. The third kappa shape index (κ3) is 3.78. The third-order valence-electron chi connectivity index (χ3n) is 4.96. The summed E-state index contributed by atoms with van der Waals surface area (Å²) in [4.78, 5) is 19.5. The SMILES string of the molecule is Cc1cccc(-n2ccnc2SC(C)C(=O)N2CCc3ccccc3C2)c1. The van der Waals surface area contributed by atoms with Crippen molar-refractivity contribution in [1.82, 2.24) is 14.5 Å². The molecule has 1 atom stereocenters. The van der Waals surface area contributed by atoms with Gasteiger partial charge in [0.05, 0.1) is 5.25 Å². The van der Waals surface area contributed by atoms with E-state index in [1.54, 1.807) is 6.20 Å². The van der Waals surface area contributed by atoms with Crippen LogP contribution in [0.4, 0.5) is 0 Å². The molecule has 0 saturated carbocycles. The number of imidazole rings is 1. The van der Waals surface area contributed by atoms with Gasteiger partial charge in [-0.05, 0) is 49.1 Å². The maximum atomic E-state index is 13.0. The van der Waals surface area contributed by atoms with Gasteiger partial charge < -0.3 is 4.90 Å². The van der Waals surface area contributed by atoms with Crippen LogP contribution in [-0.2, 0) is 17.8 Å². The molecule has 1 aliphatic heterocycles. The van der Waals surface area contributed by atoms with Crippen LogP contribution in [0.3, 0.4) is 0 Å². The van der Waals surface area contributed by atoms with E-state index in [1.807, 2.05) is 34.7 Å². The molecule has 1 aliphatic rings. The second kappa shape index (κ2) is 7.61. The largest absolute Gasteiger partial charge is 0.337 e. The third-order valence-corrected chi connectivity index (χ3v) is 6.03. The summed E-state index contributed by atoms with van der Waals surface area (Å²) in [6, 6.07) is 16.7. The smallest absolute Gasteiger partial charge is 0.236 e. The summed E-state index contributed by atoms with van der Waals surface area (Å²) < 4.78 is 2.05. The molecule has 2 heterocycles. The summed E-state index contributed by atoms with van der Waals surface area (Å²) in [5.41, 5.74) is 4.89. The summed E-state index contributed by atoms with van der Waals surface area (Å²) in [6.07, 6.45) is 4.67. The Labute approximate surface area is 164 Å². The van der Waals surface area contributed by atoms with Crippen molar-refractivity contribution in [2.75, 3.05) is 6.54 Å². The number of amides is 1. The molecule has 0 bridgehead atoms. The molecule has 0 saturated heterocycles. The zero-order valence-corrected chi connectivity index (χ0v) is 16.4. The fraction of sp³-hybridized carbons (Fsp3) is 0.273. The van der Waals surface area contributed by atoms with Crippen molar-refractivity contribution in [3.8, 4) is 5.69 Å². The molecule has 0 radical (unpaired) electrons. The van der Waals surface area contributed by atoms with Crippen LogP contribution in [0.25, 0.3) is 5.69 Å². The Morgan fingerprint density at radius 2 is 1.96 bits per heavy atom. The van der Waals surface area contributed by atoms with Gasteiger partial charge >= 0.3 is 0 Å². The lowest BCUT2D eigenvalue weighted by Gasteiger charge is -2.30. The Balaban J connectivity index is 1.48. The quantitative estimate of drug-likeness (QED) is 0.638. The van der Waals surface area contributed by atoms with E-state index in [2.05, 4.69) is 48.3 Å². The first-order valence-corrected chi connectivity index (χ1v) is 10.1. The van der Waals surface area contributed by atoms with Gasteiger partial charge in [-0.15, -0.1) is 0 Å². The van der Waals surface area contributed by atoms with Crippen LogP contribution in [0.2, 0.25) is 0 Å². The molecule has 2 aromatic carbocycles. The summed E-state index contributed by atoms with van der Waals surface area (Å²) in [5.74, 6) is 0.174. The lowest BCUT2D eigenvalue weighted by molar-refractivity contribution is -0.131. The standard InChI is InChI=1S/C22H23N3OS/c1-16-6-5-9-20(14-16)25-13-11-23-22(25)27-17(2)21(26)24-12-10-18-7-3-4-8-19(18)15-24/h3-9,11,13-14,17H,10,12,15H2,1-2H3. The number of nitrogens with zero attached hydrogens (tertiary/aromatic N) is 3. The van der Waals surface area contributed by atoms with E-state index in [0.29, 0.717) is 6.54 Å². The fourth-order valence-corrected chi connectivity index (χ4v) is 4.47. The van der Waals surface area contributed by atoms with Crippen molar-refractivity contribution in [2.24, 2.45) is 0 Å². The minimum Gasteiger partial charge on any atom is -0.337 e. The molecule has 4 rings (SSSR count). The highest BCUT2D eigenvalue weighted by Gasteiger charge is 2.26. The zero-order valence-electron chi connectivity index (χ0n) is 15.6. The summed E-state index contributed by atoms with van der Waals surface area (Å²) in [6.45, 7) is 5.54. The number of carbonyl (C=O) groups is 1. The van der Waals surface area contributed by atoms with Crippen LogP contribution < -0.4 is 0 Å². The average molecular weight is 378 g/mol. The molecule has 0 N–H and O–H groups in total. The first-order valence-electron chi connectivity index (χ1n) is 9.24. The molecule has 0 fully saturated rings. The number of thioether (sulfide) groups is 1. The molecule has 1 amide bonds. The maximum absolute atomic E-state index is 13.0. The number of hydrogen-bond acceptors (Lipinski definition) is 3. The second-order valence-electron chi connectivity index (χ2n) is 6.96. The lowest BCUT2D eigenvalue weighted by atomic mass is 10.00. The Hall–Kier alpha value is -2.53. The Morgan fingerprint density at radius 3 is 2.78 bits per heavy atom. The second-order valence-corrected chi connectivity index (χ2v) is 8.27. The molecule has 0 spiro atoms. The fourth-order valence-electron chi connectivity index (χ4n) is 3.50. The number of aryl methyl sites for hydroxylation is 1. The molecular formula is C22H23N3OS. The van der Waals surface area contributed by atoms with E-state index in [0.717, 1.165) is 23.8 Å². The van der Waals surface area contributed by atoms with Crippen LogP contribution in [0.5, 0.6) is 0 Å². The van der Waals surface area contributed by atoms with Crippen molar-refractivity contribution in [2.45, 2.75) is 37.2 Å². The molecule has 0 aliphatic carbocycles. The van der Waals surface area contributed by atoms with Gasteiger partial charge in [0.1, 0.15) is 0 Å². The minimum absolute atomic E-state index is 0.174. The Kier molecular flexibility index (Phi) is 5.03. The van der Waals surface area contributed by atoms with Gasteiger partial charge in [-0.2, -0.15) is 0 Å². The van der Waals surface area contributed by atoms with Crippen molar-refractivity contribution < 1.29 is 4.79 Å². The van der Waals surface area contributed by atoms with Gasteiger partial charge in [0.15, 0.2) is 5.16 Å². The van der Waals surface area contributed by atoms with Crippen molar-refractivity contribution >= 4 is 17.7 Å². The maximum Gasteiger partial charge on any atom is 0.236 e. The van der Waals surface area contributed by atoms with Crippen LogP contribution in [0.15, 0.2) is 66.1 Å². The van der Waals surface area contributed by atoms with Gasteiger partial charge in [0.2, 0.25) is 5.91 Å². The summed E-state index contributed by atoms with van der Waals surface area (Å²) in [7, 11) is 0. The zero-order chi connectivity index (χ0) is 18.8. The van der Waals surface area contributed by atoms with Gasteiger partial charge in [0, 0.05) is 31.2 Å². The van der Waals surface area contributed by atoms with E-state index in [9.17, 15) is 4.79 Å². The highest BCUT2D eigenvalue weighted by atomic mass is 32.2. The van der Waals surface area contributed by atoms with Gasteiger partial charge in [-0.1, -0.05) is 48.2 Å². The normalized spacial score (nSPS) is 14.7. The van der Waals surface area contributed by atoms with Gasteiger partial charge in [-0.25, -0.2) is 4.98 Å². The minimum atomic E-state index is -0.179. The molecule has 138 valence electrons. The molecule has 3 aromatic rings. The molecule has 1 unspecified atom stereocenters. The first kappa shape index (κ1) is 17.9. The molecule has 4 nitrogen and oxygen atoms in total. The van der Waals surface area contributed by atoms with Crippen LogP contribution in [-0.4, -0.2) is 32.2 Å². The van der Waals surface area contributed by atoms with Crippen LogP contribution in [0.1, 0.15) is 23.6 Å². The molecule has 1 aromatic heterocycles. The first-order chi connectivity index (χ1) is 13.1. The van der Waals surface area contributed by atoms with Crippen molar-refractivity contribution in [3.63, 3.8) is 0 Å². The molecule has 5 heteroatoms. The highest BCUT2D eigenvalue weighted by molar-refractivity contribution is 8.00. The number of fused-ring (bicyclic) bond motifs is 1. The van der Waals surface area contributed by atoms with Crippen LogP contribution >= 0.6 is 11.8 Å². The molecule has 27 heavy (non-hydrogen) atoms.